The number of carbonyl (C=O) groups excluding carboxylic acids is 2. The molecule has 0 fully saturated rings. The number of nitrogens with zero attached hydrogens (tertiary/aromatic N) is 1. The van der Waals surface area contributed by atoms with Crippen molar-refractivity contribution >= 4 is 23.4 Å². The summed E-state index contributed by atoms with van der Waals surface area (Å²) in [6.45, 7) is 1.87. The first-order valence-electron chi connectivity index (χ1n) is 6.00. The largest absolute Gasteiger partial charge is 0.465 e. The number of urea groups is 1. The summed E-state index contributed by atoms with van der Waals surface area (Å²) >= 11 is 0. The smallest absolute Gasteiger partial charge is 0.325 e. The van der Waals surface area contributed by atoms with Gasteiger partial charge in [-0.25, -0.2) is 4.79 Å². The van der Waals surface area contributed by atoms with Gasteiger partial charge in [0.15, 0.2) is 0 Å². The van der Waals surface area contributed by atoms with Crippen LogP contribution in [0.1, 0.15) is 6.92 Å². The van der Waals surface area contributed by atoms with Gasteiger partial charge in [0.05, 0.1) is 6.61 Å². The highest BCUT2D eigenvalue weighted by molar-refractivity contribution is 5.91. The first-order chi connectivity index (χ1) is 9.02. The molecule has 0 aromatic heterocycles. The first kappa shape index (κ1) is 14.8. The summed E-state index contributed by atoms with van der Waals surface area (Å²) in [4.78, 5) is 24.6. The van der Waals surface area contributed by atoms with E-state index >= 15 is 0 Å². The van der Waals surface area contributed by atoms with Gasteiger partial charge in [0, 0.05) is 25.5 Å². The van der Waals surface area contributed by atoms with E-state index in [4.69, 9.17) is 4.74 Å². The number of nitrogens with one attached hydrogen (secondary N) is 2. The standard InChI is InChI=1S/C13H19N3O3/c1-4-19-12(17)9-14-13(18)15-10-6-5-7-11(8-10)16(2)3/h5-8H,4,9H2,1-3H3,(H2,14,15,18). The second kappa shape index (κ2) is 7.25. The lowest BCUT2D eigenvalue weighted by Crippen LogP contribution is -2.34. The Morgan fingerprint density at radius 1 is 1.32 bits per heavy atom. The van der Waals surface area contributed by atoms with Crippen molar-refractivity contribution in [2.45, 2.75) is 6.92 Å². The molecule has 0 aliphatic rings. The number of hydrogen-bond donors (Lipinski definition) is 2. The fourth-order valence-electron chi connectivity index (χ4n) is 1.40. The molecule has 0 saturated carbocycles. The minimum Gasteiger partial charge on any atom is -0.465 e. The third-order valence-corrected chi connectivity index (χ3v) is 2.32. The van der Waals surface area contributed by atoms with Crippen molar-refractivity contribution in [3.05, 3.63) is 24.3 Å². The van der Waals surface area contributed by atoms with Gasteiger partial charge >= 0.3 is 12.0 Å². The van der Waals surface area contributed by atoms with E-state index in [1.165, 1.54) is 0 Å². The lowest BCUT2D eigenvalue weighted by atomic mass is 10.2. The molecule has 104 valence electrons. The average Bonchev–Trinajstić information content (AvgIpc) is 2.37. The van der Waals surface area contributed by atoms with Gasteiger partial charge in [-0.1, -0.05) is 6.07 Å². The van der Waals surface area contributed by atoms with Crippen LogP contribution in [-0.4, -0.2) is 39.2 Å². The highest BCUT2D eigenvalue weighted by Gasteiger charge is 2.06. The van der Waals surface area contributed by atoms with Gasteiger partial charge in [-0.15, -0.1) is 0 Å². The lowest BCUT2D eigenvalue weighted by molar-refractivity contribution is -0.141. The minimum absolute atomic E-state index is 0.146. The number of anilines is 2. The maximum atomic E-state index is 11.6. The molecule has 1 aromatic rings. The molecule has 2 amide bonds. The molecule has 1 rings (SSSR count). The number of ether oxygens (including phenoxy) is 1. The second-order valence-electron chi connectivity index (χ2n) is 4.06. The van der Waals surface area contributed by atoms with E-state index < -0.39 is 12.0 Å². The monoisotopic (exact) mass is 265 g/mol. The highest BCUT2D eigenvalue weighted by atomic mass is 16.5. The Hall–Kier alpha value is -2.24. The van der Waals surface area contributed by atoms with Crippen molar-refractivity contribution in [1.29, 1.82) is 0 Å². The molecule has 0 aliphatic heterocycles. The molecule has 0 unspecified atom stereocenters. The molecule has 0 spiro atoms. The molecular formula is C13H19N3O3. The number of esters is 1. The summed E-state index contributed by atoms with van der Waals surface area (Å²) < 4.78 is 4.70. The van der Waals surface area contributed by atoms with E-state index in [2.05, 4.69) is 10.6 Å². The zero-order valence-corrected chi connectivity index (χ0v) is 11.4. The van der Waals surface area contributed by atoms with Gasteiger partial charge in [-0.05, 0) is 25.1 Å². The van der Waals surface area contributed by atoms with E-state index in [0.29, 0.717) is 12.3 Å². The van der Waals surface area contributed by atoms with Gasteiger partial charge in [-0.2, -0.15) is 0 Å². The van der Waals surface area contributed by atoms with E-state index in [1.807, 2.05) is 37.2 Å². The zero-order chi connectivity index (χ0) is 14.3. The van der Waals surface area contributed by atoms with Crippen molar-refractivity contribution in [1.82, 2.24) is 5.32 Å². The zero-order valence-electron chi connectivity index (χ0n) is 11.4. The molecule has 0 radical (unpaired) electrons. The fourth-order valence-corrected chi connectivity index (χ4v) is 1.40. The van der Waals surface area contributed by atoms with E-state index in [9.17, 15) is 9.59 Å². The number of carbonyl (C=O) groups is 2. The van der Waals surface area contributed by atoms with Crippen LogP contribution in [0.2, 0.25) is 0 Å². The van der Waals surface area contributed by atoms with Gasteiger partial charge < -0.3 is 20.3 Å². The second-order valence-corrected chi connectivity index (χ2v) is 4.06. The molecule has 0 heterocycles. The third-order valence-electron chi connectivity index (χ3n) is 2.32. The quantitative estimate of drug-likeness (QED) is 0.790. The summed E-state index contributed by atoms with van der Waals surface area (Å²) in [5.74, 6) is -0.459. The summed E-state index contributed by atoms with van der Waals surface area (Å²) in [6.07, 6.45) is 0. The Morgan fingerprint density at radius 3 is 2.68 bits per heavy atom. The van der Waals surface area contributed by atoms with Crippen LogP contribution in [0.4, 0.5) is 16.2 Å². The minimum atomic E-state index is -0.459. The van der Waals surface area contributed by atoms with Crippen molar-refractivity contribution in [3.8, 4) is 0 Å². The number of amides is 2. The predicted molar refractivity (Wildman–Crippen MR) is 74.4 cm³/mol. The number of rotatable bonds is 5. The predicted octanol–water partition coefficient (Wildman–Crippen LogP) is 1.44. The van der Waals surface area contributed by atoms with Crippen molar-refractivity contribution in [3.63, 3.8) is 0 Å². The Balaban J connectivity index is 2.48. The van der Waals surface area contributed by atoms with Crippen LogP contribution in [0.15, 0.2) is 24.3 Å². The average molecular weight is 265 g/mol. The highest BCUT2D eigenvalue weighted by Crippen LogP contribution is 2.16. The van der Waals surface area contributed by atoms with Crippen LogP contribution in [0.25, 0.3) is 0 Å². The first-order valence-corrected chi connectivity index (χ1v) is 6.00. The molecule has 6 nitrogen and oxygen atoms in total. The number of benzene rings is 1. The Kier molecular flexibility index (Phi) is 5.66. The van der Waals surface area contributed by atoms with E-state index in [1.54, 1.807) is 13.0 Å². The molecule has 1 aromatic carbocycles. The van der Waals surface area contributed by atoms with Crippen molar-refractivity contribution in [2.75, 3.05) is 37.5 Å². The summed E-state index contributed by atoms with van der Waals surface area (Å²) in [6, 6.07) is 6.95. The molecule has 0 atom stereocenters. The fraction of sp³-hybridized carbons (Fsp3) is 0.385. The molecule has 0 aliphatic carbocycles. The maximum absolute atomic E-state index is 11.6. The molecule has 6 heteroatoms. The van der Waals surface area contributed by atoms with Crippen LogP contribution < -0.4 is 15.5 Å². The molecule has 0 saturated heterocycles. The lowest BCUT2D eigenvalue weighted by Gasteiger charge is -2.14. The SMILES string of the molecule is CCOC(=O)CNC(=O)Nc1cccc(N(C)C)c1. The van der Waals surface area contributed by atoms with Crippen LogP contribution in [0.5, 0.6) is 0 Å². The van der Waals surface area contributed by atoms with Gasteiger partial charge in [0.25, 0.3) is 0 Å². The Bertz CT molecular complexity index is 447. The van der Waals surface area contributed by atoms with Crippen LogP contribution in [0.3, 0.4) is 0 Å². The Labute approximate surface area is 112 Å². The van der Waals surface area contributed by atoms with Crippen LogP contribution in [0, 0.1) is 0 Å². The molecule has 0 bridgehead atoms. The summed E-state index contributed by atoms with van der Waals surface area (Å²) in [5, 5.41) is 5.08. The van der Waals surface area contributed by atoms with Gasteiger partial charge in [0.2, 0.25) is 0 Å². The molecule has 2 N–H and O–H groups in total. The summed E-state index contributed by atoms with van der Waals surface area (Å²) in [7, 11) is 3.83. The number of hydrogen-bond acceptors (Lipinski definition) is 4. The van der Waals surface area contributed by atoms with Crippen molar-refractivity contribution in [2.24, 2.45) is 0 Å². The third kappa shape index (κ3) is 5.29. The summed E-state index contributed by atoms with van der Waals surface area (Å²) in [5.41, 5.74) is 1.63. The van der Waals surface area contributed by atoms with E-state index in [0.717, 1.165) is 5.69 Å². The van der Waals surface area contributed by atoms with Gasteiger partial charge in [-0.3, -0.25) is 4.79 Å². The maximum Gasteiger partial charge on any atom is 0.325 e. The van der Waals surface area contributed by atoms with Crippen LogP contribution in [-0.2, 0) is 9.53 Å². The normalized spacial score (nSPS) is 9.63. The van der Waals surface area contributed by atoms with Crippen LogP contribution >= 0.6 is 0 Å². The van der Waals surface area contributed by atoms with Gasteiger partial charge in [0.1, 0.15) is 6.54 Å². The molecule has 19 heavy (non-hydrogen) atoms. The van der Waals surface area contributed by atoms with E-state index in [-0.39, 0.29) is 6.54 Å². The molecular weight excluding hydrogens is 246 g/mol. The topological polar surface area (TPSA) is 70.7 Å². The van der Waals surface area contributed by atoms with Crippen molar-refractivity contribution < 1.29 is 14.3 Å². The Morgan fingerprint density at radius 2 is 2.05 bits per heavy atom.